The van der Waals surface area contributed by atoms with Gasteiger partial charge in [-0.1, -0.05) is 12.1 Å². The quantitative estimate of drug-likeness (QED) is 0.774. The normalized spacial score (nSPS) is 17.2. The summed E-state index contributed by atoms with van der Waals surface area (Å²) in [6.07, 6.45) is 1.71. The maximum absolute atomic E-state index is 12.0. The summed E-state index contributed by atoms with van der Waals surface area (Å²) in [6, 6.07) is 7.39. The van der Waals surface area contributed by atoms with Gasteiger partial charge in [0.2, 0.25) is 5.91 Å². The first kappa shape index (κ1) is 15.8. The molecule has 1 aromatic carbocycles. The molecule has 1 aliphatic rings. The van der Waals surface area contributed by atoms with Crippen LogP contribution >= 0.6 is 0 Å². The fourth-order valence-corrected chi connectivity index (χ4v) is 2.46. The van der Waals surface area contributed by atoms with E-state index in [0.29, 0.717) is 26.4 Å². The van der Waals surface area contributed by atoms with Crippen LogP contribution in [0.15, 0.2) is 24.3 Å². The molecule has 0 bridgehead atoms. The van der Waals surface area contributed by atoms with Crippen LogP contribution in [0.1, 0.15) is 18.4 Å². The van der Waals surface area contributed by atoms with E-state index in [4.69, 9.17) is 15.2 Å². The predicted octanol–water partition coefficient (Wildman–Crippen LogP) is 1.24. The summed E-state index contributed by atoms with van der Waals surface area (Å²) in [5.74, 6) is 0.934. The maximum Gasteiger partial charge on any atom is 0.237 e. The number of ether oxygens (including phenoxy) is 2. The minimum Gasteiger partial charge on any atom is -0.492 e. The topological polar surface area (TPSA) is 73.6 Å². The fraction of sp³-hybridized carbons (Fsp3) is 0.562. The smallest absolute Gasteiger partial charge is 0.237 e. The molecule has 0 aliphatic carbocycles. The van der Waals surface area contributed by atoms with Crippen molar-refractivity contribution < 1.29 is 14.3 Å². The summed E-state index contributed by atoms with van der Waals surface area (Å²) < 4.78 is 10.9. The molecule has 1 atom stereocenters. The number of hydrogen-bond acceptors (Lipinski definition) is 4. The van der Waals surface area contributed by atoms with Gasteiger partial charge in [-0.2, -0.15) is 0 Å². The molecule has 1 heterocycles. The molecule has 5 heteroatoms. The summed E-state index contributed by atoms with van der Waals surface area (Å²) in [4.78, 5) is 12.0. The number of aryl methyl sites for hydroxylation is 1. The van der Waals surface area contributed by atoms with Gasteiger partial charge < -0.3 is 20.5 Å². The summed E-state index contributed by atoms with van der Waals surface area (Å²) in [5.41, 5.74) is 7.15. The molecule has 0 saturated carbocycles. The number of benzene rings is 1. The van der Waals surface area contributed by atoms with Gasteiger partial charge in [0, 0.05) is 13.2 Å². The highest BCUT2D eigenvalue weighted by Crippen LogP contribution is 2.17. The summed E-state index contributed by atoms with van der Waals surface area (Å²) in [7, 11) is 0. The zero-order valence-corrected chi connectivity index (χ0v) is 12.5. The van der Waals surface area contributed by atoms with Crippen LogP contribution in [-0.4, -0.2) is 38.3 Å². The Kier molecular flexibility index (Phi) is 6.02. The number of carbonyl (C=O) groups excluding carboxylic acids is 1. The molecule has 0 aromatic heterocycles. The van der Waals surface area contributed by atoms with Crippen molar-refractivity contribution in [3.63, 3.8) is 0 Å². The third-order valence-electron chi connectivity index (χ3n) is 3.74. The molecule has 1 unspecified atom stereocenters. The van der Waals surface area contributed by atoms with Gasteiger partial charge in [-0.25, -0.2) is 0 Å². The van der Waals surface area contributed by atoms with Crippen LogP contribution in [0, 0.1) is 12.8 Å². The molecule has 1 saturated heterocycles. The third kappa shape index (κ3) is 5.02. The first-order chi connectivity index (χ1) is 10.2. The highest BCUT2D eigenvalue weighted by atomic mass is 16.5. The van der Waals surface area contributed by atoms with Gasteiger partial charge in [0.1, 0.15) is 12.4 Å². The van der Waals surface area contributed by atoms with E-state index in [-0.39, 0.29) is 11.8 Å². The van der Waals surface area contributed by atoms with Crippen LogP contribution in [0.3, 0.4) is 0 Å². The monoisotopic (exact) mass is 292 g/mol. The van der Waals surface area contributed by atoms with E-state index in [1.54, 1.807) is 0 Å². The van der Waals surface area contributed by atoms with Crippen molar-refractivity contribution in [3.05, 3.63) is 29.8 Å². The van der Waals surface area contributed by atoms with Crippen molar-refractivity contribution >= 4 is 5.91 Å². The van der Waals surface area contributed by atoms with Gasteiger partial charge in [-0.3, -0.25) is 4.79 Å². The minimum absolute atomic E-state index is 0.102. The van der Waals surface area contributed by atoms with Gasteiger partial charge in [0.25, 0.3) is 0 Å². The van der Waals surface area contributed by atoms with E-state index in [2.05, 4.69) is 5.32 Å². The Bertz CT molecular complexity index is 459. The van der Waals surface area contributed by atoms with E-state index in [1.165, 1.54) is 0 Å². The van der Waals surface area contributed by atoms with E-state index < -0.39 is 6.04 Å². The Morgan fingerprint density at radius 2 is 2.24 bits per heavy atom. The second kappa shape index (κ2) is 8.00. The molecule has 1 amide bonds. The first-order valence-electron chi connectivity index (χ1n) is 7.47. The van der Waals surface area contributed by atoms with Crippen molar-refractivity contribution in [1.82, 2.24) is 5.32 Å². The van der Waals surface area contributed by atoms with Crippen LogP contribution < -0.4 is 15.8 Å². The van der Waals surface area contributed by atoms with E-state index in [1.807, 2.05) is 31.2 Å². The van der Waals surface area contributed by atoms with Crippen LogP contribution in [0.5, 0.6) is 5.75 Å². The Balaban J connectivity index is 1.66. The molecule has 21 heavy (non-hydrogen) atoms. The average Bonchev–Trinajstić information content (AvgIpc) is 2.51. The molecular weight excluding hydrogens is 268 g/mol. The van der Waals surface area contributed by atoms with Gasteiger partial charge in [-0.05, 0) is 43.4 Å². The number of hydrogen-bond donors (Lipinski definition) is 2. The van der Waals surface area contributed by atoms with Crippen LogP contribution in [-0.2, 0) is 9.53 Å². The lowest BCUT2D eigenvalue weighted by Crippen LogP contribution is -2.47. The highest BCUT2D eigenvalue weighted by molar-refractivity contribution is 5.81. The molecule has 3 N–H and O–H groups in total. The average molecular weight is 292 g/mol. The molecule has 1 aromatic rings. The van der Waals surface area contributed by atoms with E-state index in [0.717, 1.165) is 24.2 Å². The van der Waals surface area contributed by atoms with Crippen molar-refractivity contribution in [2.24, 2.45) is 11.7 Å². The summed E-state index contributed by atoms with van der Waals surface area (Å²) in [6.45, 7) is 4.31. The Hall–Kier alpha value is -1.59. The third-order valence-corrected chi connectivity index (χ3v) is 3.74. The van der Waals surface area contributed by atoms with E-state index in [9.17, 15) is 4.79 Å². The molecule has 0 radical (unpaired) electrons. The number of nitrogens with two attached hydrogens (primary N) is 1. The van der Waals surface area contributed by atoms with E-state index >= 15 is 0 Å². The van der Waals surface area contributed by atoms with Gasteiger partial charge in [-0.15, -0.1) is 0 Å². The van der Waals surface area contributed by atoms with Gasteiger partial charge in [0.05, 0.1) is 12.6 Å². The molecule has 2 rings (SSSR count). The van der Waals surface area contributed by atoms with Crippen molar-refractivity contribution in [3.8, 4) is 5.75 Å². The van der Waals surface area contributed by atoms with Crippen molar-refractivity contribution in [2.45, 2.75) is 25.8 Å². The Labute approximate surface area is 125 Å². The zero-order valence-electron chi connectivity index (χ0n) is 12.5. The number of carbonyl (C=O) groups is 1. The standard InChI is InChI=1S/C16H24N2O3/c1-12-3-2-4-14(11-12)21-10-7-18-16(19)15(17)13-5-8-20-9-6-13/h2-4,11,13,15H,5-10,17H2,1H3,(H,18,19). The second-order valence-electron chi connectivity index (χ2n) is 5.43. The highest BCUT2D eigenvalue weighted by Gasteiger charge is 2.26. The summed E-state index contributed by atoms with van der Waals surface area (Å²) in [5, 5.41) is 2.83. The Morgan fingerprint density at radius 1 is 1.48 bits per heavy atom. The predicted molar refractivity (Wildman–Crippen MR) is 81.2 cm³/mol. The lowest BCUT2D eigenvalue weighted by molar-refractivity contribution is -0.124. The number of amides is 1. The number of nitrogens with one attached hydrogen (secondary N) is 1. The molecular formula is C16H24N2O3. The van der Waals surface area contributed by atoms with Gasteiger partial charge in [0.15, 0.2) is 0 Å². The number of rotatable bonds is 6. The Morgan fingerprint density at radius 3 is 2.95 bits per heavy atom. The fourth-order valence-electron chi connectivity index (χ4n) is 2.46. The maximum atomic E-state index is 12.0. The molecule has 1 aliphatic heterocycles. The van der Waals surface area contributed by atoms with Crippen LogP contribution in [0.25, 0.3) is 0 Å². The zero-order chi connectivity index (χ0) is 15.1. The van der Waals surface area contributed by atoms with Crippen LogP contribution in [0.4, 0.5) is 0 Å². The van der Waals surface area contributed by atoms with Crippen LogP contribution in [0.2, 0.25) is 0 Å². The lowest BCUT2D eigenvalue weighted by Gasteiger charge is -2.26. The van der Waals surface area contributed by atoms with Gasteiger partial charge >= 0.3 is 0 Å². The second-order valence-corrected chi connectivity index (χ2v) is 5.43. The molecule has 116 valence electrons. The first-order valence-corrected chi connectivity index (χ1v) is 7.47. The SMILES string of the molecule is Cc1cccc(OCCNC(=O)C(N)C2CCOCC2)c1. The molecule has 1 fully saturated rings. The summed E-state index contributed by atoms with van der Waals surface area (Å²) >= 11 is 0. The lowest BCUT2D eigenvalue weighted by atomic mass is 9.92. The molecule has 0 spiro atoms. The molecule has 5 nitrogen and oxygen atoms in total. The van der Waals surface area contributed by atoms with Crippen molar-refractivity contribution in [1.29, 1.82) is 0 Å². The largest absolute Gasteiger partial charge is 0.492 e. The van der Waals surface area contributed by atoms with Crippen molar-refractivity contribution in [2.75, 3.05) is 26.4 Å². The minimum atomic E-state index is -0.451.